The van der Waals surface area contributed by atoms with Crippen LogP contribution in [0.4, 0.5) is 0 Å². The molecule has 0 aliphatic heterocycles. The molecule has 20 heavy (non-hydrogen) atoms. The first-order valence-electron chi connectivity index (χ1n) is 6.93. The third kappa shape index (κ3) is 1.83. The van der Waals surface area contributed by atoms with Crippen LogP contribution in [-0.4, -0.2) is 12.9 Å². The molecule has 0 aromatic heterocycles. The van der Waals surface area contributed by atoms with Gasteiger partial charge in [0.2, 0.25) is 0 Å². The number of methoxy groups -OCH3 is 1. The largest absolute Gasteiger partial charge is 0.496 e. The number of benzene rings is 2. The molecule has 0 spiro atoms. The van der Waals surface area contributed by atoms with Crippen LogP contribution in [0.1, 0.15) is 33.5 Å². The fraction of sp³-hybridized carbons (Fsp3) is 0.278. The van der Waals surface area contributed by atoms with E-state index in [0.717, 1.165) is 40.0 Å². The van der Waals surface area contributed by atoms with Gasteiger partial charge in [0.1, 0.15) is 5.75 Å². The number of rotatable bonds is 1. The molecule has 2 nitrogen and oxygen atoms in total. The summed E-state index contributed by atoms with van der Waals surface area (Å²) in [4.78, 5) is 12.3. The molecule has 102 valence electrons. The van der Waals surface area contributed by atoms with E-state index in [1.54, 1.807) is 7.11 Å². The molecule has 2 aromatic rings. The summed E-state index contributed by atoms with van der Waals surface area (Å²) in [6.07, 6.45) is 1.29. The molecule has 0 unspecified atom stereocenters. The zero-order valence-electron chi connectivity index (χ0n) is 12.1. The second kappa shape index (κ2) is 4.78. The summed E-state index contributed by atoms with van der Waals surface area (Å²) < 4.78 is 5.62. The van der Waals surface area contributed by atoms with Crippen LogP contribution in [0.3, 0.4) is 0 Å². The van der Waals surface area contributed by atoms with Crippen LogP contribution in [0, 0.1) is 13.8 Å². The molecule has 0 saturated heterocycles. The molecule has 0 amide bonds. The number of carbonyl (C=O) groups is 1. The maximum absolute atomic E-state index is 12.3. The number of Topliss-reactive ketones (excluding diaryl/α,β-unsaturated/α-hetero) is 1. The normalized spacial score (nSPS) is 13.4. The Labute approximate surface area is 119 Å². The second-order valence-electron chi connectivity index (χ2n) is 5.35. The number of hydrogen-bond donors (Lipinski definition) is 0. The first-order chi connectivity index (χ1) is 9.63. The predicted octanol–water partition coefficient (Wildman–Crippen LogP) is 4.11. The fourth-order valence-electron chi connectivity index (χ4n) is 3.04. The molecule has 2 aromatic carbocycles. The van der Waals surface area contributed by atoms with Crippen molar-refractivity contribution < 1.29 is 9.53 Å². The maximum Gasteiger partial charge on any atom is 0.163 e. The lowest BCUT2D eigenvalue weighted by Gasteiger charge is -2.17. The van der Waals surface area contributed by atoms with E-state index in [1.807, 2.05) is 24.3 Å². The average molecular weight is 266 g/mol. The highest BCUT2D eigenvalue weighted by Gasteiger charge is 2.23. The molecule has 0 heterocycles. The van der Waals surface area contributed by atoms with Gasteiger partial charge in [-0.15, -0.1) is 0 Å². The summed E-state index contributed by atoms with van der Waals surface area (Å²) in [6, 6.07) is 10.1. The summed E-state index contributed by atoms with van der Waals surface area (Å²) in [7, 11) is 1.71. The predicted molar refractivity (Wildman–Crippen MR) is 80.6 cm³/mol. The Morgan fingerprint density at radius 3 is 2.40 bits per heavy atom. The van der Waals surface area contributed by atoms with Gasteiger partial charge in [0.05, 0.1) is 7.11 Å². The number of ketones is 1. The van der Waals surface area contributed by atoms with E-state index < -0.39 is 0 Å². The van der Waals surface area contributed by atoms with Gasteiger partial charge in [-0.3, -0.25) is 4.79 Å². The van der Waals surface area contributed by atoms with E-state index in [-0.39, 0.29) is 5.78 Å². The van der Waals surface area contributed by atoms with Gasteiger partial charge in [0.15, 0.2) is 5.78 Å². The van der Waals surface area contributed by atoms with Crippen molar-refractivity contribution in [2.24, 2.45) is 0 Å². The third-order valence-electron chi connectivity index (χ3n) is 4.22. The quantitative estimate of drug-likeness (QED) is 0.776. The van der Waals surface area contributed by atoms with Gasteiger partial charge in [0.25, 0.3) is 0 Å². The molecule has 1 aliphatic rings. The van der Waals surface area contributed by atoms with Crippen LogP contribution in [0.5, 0.6) is 5.75 Å². The van der Waals surface area contributed by atoms with E-state index in [0.29, 0.717) is 6.42 Å². The summed E-state index contributed by atoms with van der Waals surface area (Å²) >= 11 is 0. The SMILES string of the molecule is COc1c(C)c(C)cc2c1CCC(=O)c1ccccc1-2. The molecule has 0 fully saturated rings. The molecule has 2 heteroatoms. The van der Waals surface area contributed by atoms with Crippen molar-refractivity contribution >= 4 is 5.78 Å². The van der Waals surface area contributed by atoms with Crippen molar-refractivity contribution in [3.8, 4) is 16.9 Å². The smallest absolute Gasteiger partial charge is 0.163 e. The van der Waals surface area contributed by atoms with Gasteiger partial charge >= 0.3 is 0 Å². The average Bonchev–Trinajstić information content (AvgIpc) is 2.60. The summed E-state index contributed by atoms with van der Waals surface area (Å²) in [5, 5.41) is 0. The van der Waals surface area contributed by atoms with Crippen LogP contribution in [0.25, 0.3) is 11.1 Å². The van der Waals surface area contributed by atoms with Gasteiger partial charge in [-0.25, -0.2) is 0 Å². The molecular weight excluding hydrogens is 248 g/mol. The lowest BCUT2D eigenvalue weighted by atomic mass is 9.92. The molecule has 3 rings (SSSR count). The molecular formula is C18H18O2. The molecule has 0 bridgehead atoms. The maximum atomic E-state index is 12.3. The highest BCUT2D eigenvalue weighted by atomic mass is 16.5. The fourth-order valence-corrected chi connectivity index (χ4v) is 3.04. The summed E-state index contributed by atoms with van der Waals surface area (Å²) in [6.45, 7) is 4.17. The minimum atomic E-state index is 0.217. The van der Waals surface area contributed by atoms with Crippen molar-refractivity contribution in [1.29, 1.82) is 0 Å². The zero-order chi connectivity index (χ0) is 14.3. The van der Waals surface area contributed by atoms with E-state index in [2.05, 4.69) is 19.9 Å². The van der Waals surface area contributed by atoms with Crippen LogP contribution in [0.2, 0.25) is 0 Å². The number of ether oxygens (including phenoxy) is 1. The van der Waals surface area contributed by atoms with Crippen LogP contribution in [0.15, 0.2) is 30.3 Å². The van der Waals surface area contributed by atoms with E-state index in [4.69, 9.17) is 4.74 Å². The lowest BCUT2D eigenvalue weighted by Crippen LogP contribution is -2.00. The Hall–Kier alpha value is -2.09. The monoisotopic (exact) mass is 266 g/mol. The van der Waals surface area contributed by atoms with E-state index in [1.165, 1.54) is 5.56 Å². The highest BCUT2D eigenvalue weighted by Crippen LogP contribution is 2.40. The Bertz CT molecular complexity index is 699. The van der Waals surface area contributed by atoms with Crippen LogP contribution >= 0.6 is 0 Å². The van der Waals surface area contributed by atoms with Gasteiger partial charge in [-0.2, -0.15) is 0 Å². The Morgan fingerprint density at radius 2 is 1.70 bits per heavy atom. The summed E-state index contributed by atoms with van der Waals surface area (Å²) in [5.74, 6) is 1.15. The standard InChI is InChI=1S/C18H18O2/c1-11-10-16-13-6-4-5-7-14(13)17(19)9-8-15(16)18(20-3)12(11)2/h4-7,10H,8-9H2,1-3H3. The van der Waals surface area contributed by atoms with Gasteiger partial charge in [-0.1, -0.05) is 30.3 Å². The van der Waals surface area contributed by atoms with Crippen LogP contribution in [-0.2, 0) is 6.42 Å². The first-order valence-corrected chi connectivity index (χ1v) is 6.93. The third-order valence-corrected chi connectivity index (χ3v) is 4.22. The summed E-state index contributed by atoms with van der Waals surface area (Å²) in [5.41, 5.74) is 6.53. The second-order valence-corrected chi connectivity index (χ2v) is 5.35. The van der Waals surface area contributed by atoms with Crippen molar-refractivity contribution in [3.05, 3.63) is 52.6 Å². The van der Waals surface area contributed by atoms with Crippen molar-refractivity contribution in [2.45, 2.75) is 26.7 Å². The van der Waals surface area contributed by atoms with Gasteiger partial charge in [0, 0.05) is 17.5 Å². The van der Waals surface area contributed by atoms with Crippen molar-refractivity contribution in [1.82, 2.24) is 0 Å². The van der Waals surface area contributed by atoms with E-state index >= 15 is 0 Å². The van der Waals surface area contributed by atoms with Crippen LogP contribution < -0.4 is 4.74 Å². The molecule has 0 N–H and O–H groups in total. The number of carbonyl (C=O) groups excluding carboxylic acids is 1. The molecule has 0 atom stereocenters. The zero-order valence-corrected chi connectivity index (χ0v) is 12.1. The topological polar surface area (TPSA) is 26.3 Å². The highest BCUT2D eigenvalue weighted by molar-refractivity contribution is 6.04. The Kier molecular flexibility index (Phi) is 3.09. The minimum Gasteiger partial charge on any atom is -0.496 e. The van der Waals surface area contributed by atoms with Gasteiger partial charge in [-0.05, 0) is 42.5 Å². The number of fused-ring (bicyclic) bond motifs is 3. The Balaban J connectivity index is 2.37. The molecule has 0 saturated carbocycles. The van der Waals surface area contributed by atoms with E-state index in [9.17, 15) is 4.79 Å². The number of hydrogen-bond acceptors (Lipinski definition) is 2. The molecule has 1 aliphatic carbocycles. The Morgan fingerprint density at radius 1 is 1.00 bits per heavy atom. The minimum absolute atomic E-state index is 0.217. The number of aryl methyl sites for hydroxylation is 1. The lowest BCUT2D eigenvalue weighted by molar-refractivity contribution is 0.0984. The first kappa shape index (κ1) is 12.9. The van der Waals surface area contributed by atoms with Crippen molar-refractivity contribution in [2.75, 3.05) is 7.11 Å². The van der Waals surface area contributed by atoms with Crippen molar-refractivity contribution in [3.63, 3.8) is 0 Å². The molecule has 0 radical (unpaired) electrons. The van der Waals surface area contributed by atoms with Gasteiger partial charge < -0.3 is 4.74 Å².